The van der Waals surface area contributed by atoms with Crippen LogP contribution >= 0.6 is 0 Å². The number of ether oxygens (including phenoxy) is 1. The molecule has 0 aliphatic heterocycles. The molecule has 0 radical (unpaired) electrons. The van der Waals surface area contributed by atoms with E-state index >= 15 is 0 Å². The number of nitrogens with zero attached hydrogens (tertiary/aromatic N) is 1. The number of anilines is 1. The third kappa shape index (κ3) is 5.76. The summed E-state index contributed by atoms with van der Waals surface area (Å²) in [5, 5.41) is 14.3. The highest BCUT2D eigenvalue weighted by atomic mass is 16.6. The Balaban J connectivity index is 1.59. The second-order valence-corrected chi connectivity index (χ2v) is 10.4. The lowest BCUT2D eigenvalue weighted by molar-refractivity contribution is -0.384. The number of nitro groups is 1. The Kier molecular flexibility index (Phi) is 7.73. The normalized spacial score (nSPS) is 20.8. The molecular weight excluding hydrogens is 452 g/mol. The van der Waals surface area contributed by atoms with E-state index in [1.807, 2.05) is 36.4 Å². The number of carbonyl (C=O) groups excluding carboxylic acids is 1. The molecule has 3 aromatic rings. The topological polar surface area (TPSA) is 81.5 Å². The Labute approximate surface area is 212 Å². The van der Waals surface area contributed by atoms with Gasteiger partial charge in [0, 0.05) is 23.7 Å². The van der Waals surface area contributed by atoms with Crippen LogP contribution in [0.5, 0.6) is 0 Å². The van der Waals surface area contributed by atoms with Crippen molar-refractivity contribution in [2.24, 2.45) is 11.8 Å². The number of hydrogen-bond donors (Lipinski definition) is 1. The van der Waals surface area contributed by atoms with Gasteiger partial charge in [0.05, 0.1) is 4.92 Å². The second-order valence-electron chi connectivity index (χ2n) is 10.4. The van der Waals surface area contributed by atoms with Crippen LogP contribution in [0.15, 0.2) is 84.9 Å². The van der Waals surface area contributed by atoms with Gasteiger partial charge in [0.2, 0.25) is 0 Å². The molecule has 1 fully saturated rings. The van der Waals surface area contributed by atoms with Crippen molar-refractivity contribution in [3.05, 3.63) is 106 Å². The van der Waals surface area contributed by atoms with Crippen LogP contribution in [0, 0.1) is 22.0 Å². The molecule has 0 heterocycles. The lowest BCUT2D eigenvalue weighted by Crippen LogP contribution is -2.44. The van der Waals surface area contributed by atoms with Gasteiger partial charge in [-0.1, -0.05) is 87.9 Å². The number of rotatable bonds is 8. The molecule has 1 N–H and O–H groups in total. The zero-order chi connectivity index (χ0) is 25.7. The van der Waals surface area contributed by atoms with Gasteiger partial charge in [0.25, 0.3) is 5.69 Å². The van der Waals surface area contributed by atoms with Crippen LogP contribution in [0.3, 0.4) is 0 Å². The molecule has 3 aromatic carbocycles. The summed E-state index contributed by atoms with van der Waals surface area (Å²) in [5.41, 5.74) is 2.49. The molecule has 1 aliphatic carbocycles. The van der Waals surface area contributed by atoms with Crippen LogP contribution in [-0.2, 0) is 14.9 Å². The Morgan fingerprint density at radius 3 is 2.19 bits per heavy atom. The first kappa shape index (κ1) is 25.4. The summed E-state index contributed by atoms with van der Waals surface area (Å²) < 4.78 is 6.32. The van der Waals surface area contributed by atoms with Gasteiger partial charge in [-0.15, -0.1) is 0 Å². The minimum Gasteiger partial charge on any atom is -0.460 e. The molecule has 0 spiro atoms. The van der Waals surface area contributed by atoms with E-state index in [1.165, 1.54) is 17.7 Å². The van der Waals surface area contributed by atoms with Crippen LogP contribution in [0.2, 0.25) is 0 Å². The van der Waals surface area contributed by atoms with E-state index in [2.05, 4.69) is 50.4 Å². The van der Waals surface area contributed by atoms with Gasteiger partial charge in [-0.05, 0) is 47.4 Å². The van der Waals surface area contributed by atoms with E-state index in [-0.39, 0.29) is 29.1 Å². The maximum Gasteiger partial charge on any atom is 0.333 e. The number of nitrogens with one attached hydrogen (secondary N) is 1. The number of non-ortho nitro benzene ring substituents is 1. The predicted molar refractivity (Wildman–Crippen MR) is 142 cm³/mol. The highest BCUT2D eigenvalue weighted by molar-refractivity contribution is 5.81. The number of carbonyl (C=O) groups is 1. The van der Waals surface area contributed by atoms with Crippen molar-refractivity contribution < 1.29 is 14.5 Å². The monoisotopic (exact) mass is 486 g/mol. The average molecular weight is 487 g/mol. The fourth-order valence-electron chi connectivity index (χ4n) is 5.35. The molecule has 0 bridgehead atoms. The molecule has 0 unspecified atom stereocenters. The van der Waals surface area contributed by atoms with E-state index < -0.39 is 11.0 Å². The zero-order valence-corrected chi connectivity index (χ0v) is 21.1. The Morgan fingerprint density at radius 1 is 0.972 bits per heavy atom. The molecule has 1 saturated carbocycles. The van der Waals surface area contributed by atoms with Crippen molar-refractivity contribution >= 4 is 17.3 Å². The number of esters is 1. The van der Waals surface area contributed by atoms with Crippen molar-refractivity contribution in [3.8, 4) is 0 Å². The molecule has 0 amide bonds. The lowest BCUT2D eigenvalue weighted by Gasteiger charge is -2.44. The standard InChI is InChI=1S/C30H34N2O4/c1-21-14-19-26(30(2,3)23-12-8-5-9-13-23)27(20-21)36-29(33)28(22-10-6-4-7-11-22)31-24-15-17-25(18-16-24)32(34)35/h4-13,15-18,21,26-28,31H,14,19-20H2,1-3H3/t21-,26-,27-,28-/m1/s1. The molecule has 4 atom stereocenters. The first-order chi connectivity index (χ1) is 17.3. The van der Waals surface area contributed by atoms with Crippen LogP contribution in [0.1, 0.15) is 57.2 Å². The fourth-order valence-corrected chi connectivity index (χ4v) is 5.35. The summed E-state index contributed by atoms with van der Waals surface area (Å²) in [6.07, 6.45) is 2.72. The number of benzene rings is 3. The summed E-state index contributed by atoms with van der Waals surface area (Å²) in [6, 6.07) is 25.3. The summed E-state index contributed by atoms with van der Waals surface area (Å²) >= 11 is 0. The maximum absolute atomic E-state index is 13.7. The van der Waals surface area contributed by atoms with Crippen molar-refractivity contribution in [1.29, 1.82) is 0 Å². The van der Waals surface area contributed by atoms with Crippen molar-refractivity contribution in [2.75, 3.05) is 5.32 Å². The Morgan fingerprint density at radius 2 is 1.58 bits per heavy atom. The quantitative estimate of drug-likeness (QED) is 0.209. The Bertz CT molecular complexity index is 1160. The first-order valence-corrected chi connectivity index (χ1v) is 12.6. The second kappa shape index (κ2) is 10.9. The third-order valence-corrected chi connectivity index (χ3v) is 7.52. The summed E-state index contributed by atoms with van der Waals surface area (Å²) in [7, 11) is 0. The molecule has 36 heavy (non-hydrogen) atoms. The summed E-state index contributed by atoms with van der Waals surface area (Å²) in [5.74, 6) is 0.326. The number of nitro benzene ring substituents is 1. The first-order valence-electron chi connectivity index (χ1n) is 12.6. The van der Waals surface area contributed by atoms with Gasteiger partial charge in [-0.3, -0.25) is 10.1 Å². The van der Waals surface area contributed by atoms with E-state index in [1.54, 1.807) is 12.1 Å². The van der Waals surface area contributed by atoms with Crippen LogP contribution in [0.25, 0.3) is 0 Å². The Hall–Kier alpha value is -3.67. The van der Waals surface area contributed by atoms with E-state index in [0.29, 0.717) is 11.6 Å². The summed E-state index contributed by atoms with van der Waals surface area (Å²) in [6.45, 7) is 6.71. The SMILES string of the molecule is C[C@@H]1CC[C@@H](C(C)(C)c2ccccc2)[C@H](OC(=O)[C@H](Nc2ccc([N+](=O)[O-])cc2)c2ccccc2)C1. The van der Waals surface area contributed by atoms with E-state index in [9.17, 15) is 14.9 Å². The van der Waals surface area contributed by atoms with Crippen molar-refractivity contribution in [1.82, 2.24) is 0 Å². The fraction of sp³-hybridized carbons (Fsp3) is 0.367. The molecule has 1 aliphatic rings. The highest BCUT2D eigenvalue weighted by Gasteiger charge is 2.42. The molecule has 6 nitrogen and oxygen atoms in total. The minimum absolute atomic E-state index is 0.00145. The van der Waals surface area contributed by atoms with Gasteiger partial charge < -0.3 is 10.1 Å². The summed E-state index contributed by atoms with van der Waals surface area (Å²) in [4.78, 5) is 24.3. The lowest BCUT2D eigenvalue weighted by atomic mass is 9.64. The predicted octanol–water partition coefficient (Wildman–Crippen LogP) is 7.07. The average Bonchev–Trinajstić information content (AvgIpc) is 2.88. The van der Waals surface area contributed by atoms with Gasteiger partial charge in [0.15, 0.2) is 6.04 Å². The van der Waals surface area contributed by atoms with Gasteiger partial charge in [-0.2, -0.15) is 0 Å². The van der Waals surface area contributed by atoms with Crippen molar-refractivity contribution in [2.45, 2.75) is 57.6 Å². The largest absolute Gasteiger partial charge is 0.460 e. The molecule has 0 aromatic heterocycles. The van der Waals surface area contributed by atoms with Crippen LogP contribution < -0.4 is 5.32 Å². The van der Waals surface area contributed by atoms with Crippen molar-refractivity contribution in [3.63, 3.8) is 0 Å². The molecule has 188 valence electrons. The zero-order valence-electron chi connectivity index (χ0n) is 21.1. The van der Waals surface area contributed by atoms with Gasteiger partial charge in [-0.25, -0.2) is 4.79 Å². The molecule has 4 rings (SSSR count). The molecular formula is C30H34N2O4. The maximum atomic E-state index is 13.7. The highest BCUT2D eigenvalue weighted by Crippen LogP contribution is 2.44. The molecule has 6 heteroatoms. The van der Waals surface area contributed by atoms with Gasteiger partial charge >= 0.3 is 5.97 Å². The van der Waals surface area contributed by atoms with Crippen LogP contribution in [0.4, 0.5) is 11.4 Å². The van der Waals surface area contributed by atoms with E-state index in [0.717, 1.165) is 24.8 Å². The minimum atomic E-state index is -0.731. The van der Waals surface area contributed by atoms with Gasteiger partial charge in [0.1, 0.15) is 6.10 Å². The smallest absolute Gasteiger partial charge is 0.333 e. The number of hydrogen-bond acceptors (Lipinski definition) is 5. The molecule has 0 saturated heterocycles. The van der Waals surface area contributed by atoms with E-state index in [4.69, 9.17) is 4.74 Å². The third-order valence-electron chi connectivity index (χ3n) is 7.52. The van der Waals surface area contributed by atoms with Crippen LogP contribution in [-0.4, -0.2) is 17.0 Å².